The van der Waals surface area contributed by atoms with E-state index in [2.05, 4.69) is 11.9 Å². The maximum atomic E-state index is 12.3. The van der Waals surface area contributed by atoms with Crippen molar-refractivity contribution in [2.24, 2.45) is 0 Å². The molecule has 1 heterocycles. The topological polar surface area (TPSA) is 58.6 Å². The molecule has 1 aliphatic heterocycles. The van der Waals surface area contributed by atoms with Crippen LogP contribution in [0.25, 0.3) is 0 Å². The lowest BCUT2D eigenvalue weighted by Crippen LogP contribution is -2.39. The summed E-state index contributed by atoms with van der Waals surface area (Å²) >= 11 is 0. The molecule has 0 aromatic carbocycles. The van der Waals surface area contributed by atoms with Crippen LogP contribution in [0.2, 0.25) is 0 Å². The first-order chi connectivity index (χ1) is 9.10. The number of rotatable bonds is 9. The Bertz CT molecular complexity index is 351. The van der Waals surface area contributed by atoms with Crippen molar-refractivity contribution in [3.8, 4) is 0 Å². The Labute approximate surface area is 117 Å². The van der Waals surface area contributed by atoms with Gasteiger partial charge in [-0.25, -0.2) is 8.42 Å². The van der Waals surface area contributed by atoms with Crippen molar-refractivity contribution < 1.29 is 13.2 Å². The maximum Gasteiger partial charge on any atom is 0.214 e. The lowest BCUT2D eigenvalue weighted by molar-refractivity contribution is 0.182. The molecule has 1 rings (SSSR count). The number of nitrogens with zero attached hydrogens (tertiary/aromatic N) is 1. The summed E-state index contributed by atoms with van der Waals surface area (Å²) in [5, 5.41) is 3.38. The van der Waals surface area contributed by atoms with Crippen molar-refractivity contribution in [3.63, 3.8) is 0 Å². The van der Waals surface area contributed by atoms with Crippen molar-refractivity contribution >= 4 is 10.0 Å². The molecule has 1 saturated heterocycles. The van der Waals surface area contributed by atoms with E-state index in [0.29, 0.717) is 32.2 Å². The quantitative estimate of drug-likeness (QED) is 0.643. The fourth-order valence-electron chi connectivity index (χ4n) is 2.27. The van der Waals surface area contributed by atoms with E-state index in [1.165, 1.54) is 17.1 Å². The van der Waals surface area contributed by atoms with Gasteiger partial charge in [-0.1, -0.05) is 12.5 Å². The van der Waals surface area contributed by atoms with E-state index in [-0.39, 0.29) is 5.75 Å². The number of nitrogens with one attached hydrogen (secondary N) is 1. The fraction of sp³-hybridized carbons (Fsp3) is 0.846. The molecule has 1 N–H and O–H groups in total. The molecule has 6 heteroatoms. The van der Waals surface area contributed by atoms with Gasteiger partial charge in [0.25, 0.3) is 0 Å². The number of ether oxygens (including phenoxy) is 1. The summed E-state index contributed by atoms with van der Waals surface area (Å²) in [6, 6.07) is 0.344. The molecule has 0 aromatic heterocycles. The highest BCUT2D eigenvalue weighted by atomic mass is 32.2. The smallest absolute Gasteiger partial charge is 0.214 e. The van der Waals surface area contributed by atoms with Gasteiger partial charge in [0.2, 0.25) is 10.0 Å². The van der Waals surface area contributed by atoms with Crippen molar-refractivity contribution in [3.05, 3.63) is 12.7 Å². The Kier molecular flexibility index (Phi) is 7.60. The zero-order valence-corrected chi connectivity index (χ0v) is 12.6. The van der Waals surface area contributed by atoms with Crippen LogP contribution < -0.4 is 5.32 Å². The van der Waals surface area contributed by atoms with Crippen LogP contribution in [0.1, 0.15) is 25.7 Å². The van der Waals surface area contributed by atoms with Gasteiger partial charge >= 0.3 is 0 Å². The molecule has 1 aliphatic rings. The van der Waals surface area contributed by atoms with Gasteiger partial charge in [-0.15, -0.1) is 6.58 Å². The SMILES string of the molecule is C=CCN(CCOC)S(=O)(=O)CCC1CCCCN1. The van der Waals surface area contributed by atoms with Gasteiger partial charge in [-0.3, -0.25) is 0 Å². The predicted molar refractivity (Wildman–Crippen MR) is 77.7 cm³/mol. The highest BCUT2D eigenvalue weighted by Crippen LogP contribution is 2.12. The van der Waals surface area contributed by atoms with E-state index in [9.17, 15) is 8.42 Å². The highest BCUT2D eigenvalue weighted by Gasteiger charge is 2.23. The number of hydrogen-bond donors (Lipinski definition) is 1. The standard InChI is InChI=1S/C13H26N2O3S/c1-3-9-15(10-11-18-2)19(16,17)12-7-13-6-4-5-8-14-13/h3,13-14H,1,4-12H2,2H3. The molecule has 0 aromatic rings. The van der Waals surface area contributed by atoms with Gasteiger partial charge < -0.3 is 10.1 Å². The van der Waals surface area contributed by atoms with Gasteiger partial charge in [0.1, 0.15) is 0 Å². The van der Waals surface area contributed by atoms with E-state index in [1.54, 1.807) is 13.2 Å². The predicted octanol–water partition coefficient (Wildman–Crippen LogP) is 0.983. The third kappa shape index (κ3) is 6.03. The molecule has 1 atom stereocenters. The summed E-state index contributed by atoms with van der Waals surface area (Å²) in [5.41, 5.74) is 0. The lowest BCUT2D eigenvalue weighted by atomic mass is 10.0. The van der Waals surface area contributed by atoms with Gasteiger partial charge in [-0.05, 0) is 25.8 Å². The van der Waals surface area contributed by atoms with E-state index in [0.717, 1.165) is 13.0 Å². The van der Waals surface area contributed by atoms with Crippen molar-refractivity contribution in [2.75, 3.05) is 39.1 Å². The normalized spacial score (nSPS) is 20.6. The lowest BCUT2D eigenvalue weighted by Gasteiger charge is -2.25. The van der Waals surface area contributed by atoms with E-state index in [1.807, 2.05) is 0 Å². The average molecular weight is 290 g/mol. The van der Waals surface area contributed by atoms with E-state index < -0.39 is 10.0 Å². The Morgan fingerprint density at radius 2 is 2.26 bits per heavy atom. The van der Waals surface area contributed by atoms with Crippen molar-refractivity contribution in [1.29, 1.82) is 0 Å². The second-order valence-electron chi connectivity index (χ2n) is 4.89. The summed E-state index contributed by atoms with van der Waals surface area (Å²) in [5.74, 6) is 0.197. The molecule has 112 valence electrons. The molecular weight excluding hydrogens is 264 g/mol. The van der Waals surface area contributed by atoms with Crippen LogP contribution in [0.3, 0.4) is 0 Å². The molecule has 0 aliphatic carbocycles. The molecule has 0 bridgehead atoms. The van der Waals surface area contributed by atoms with Crippen molar-refractivity contribution in [2.45, 2.75) is 31.7 Å². The number of piperidine rings is 1. The molecule has 1 fully saturated rings. The largest absolute Gasteiger partial charge is 0.383 e. The van der Waals surface area contributed by atoms with Crippen LogP contribution in [-0.4, -0.2) is 57.9 Å². The minimum absolute atomic E-state index is 0.197. The summed E-state index contributed by atoms with van der Waals surface area (Å²) in [4.78, 5) is 0. The first-order valence-corrected chi connectivity index (χ1v) is 8.52. The number of sulfonamides is 1. The summed E-state index contributed by atoms with van der Waals surface area (Å²) in [6.07, 6.45) is 5.77. The zero-order chi connectivity index (χ0) is 14.1. The third-order valence-electron chi connectivity index (χ3n) is 3.41. The first-order valence-electron chi connectivity index (χ1n) is 6.91. The number of methoxy groups -OCH3 is 1. The van der Waals surface area contributed by atoms with E-state index in [4.69, 9.17) is 4.74 Å². The van der Waals surface area contributed by atoms with Crippen LogP contribution in [0.5, 0.6) is 0 Å². The Morgan fingerprint density at radius 1 is 1.47 bits per heavy atom. The fourth-order valence-corrected chi connectivity index (χ4v) is 3.80. The third-order valence-corrected chi connectivity index (χ3v) is 5.28. The average Bonchev–Trinajstić information content (AvgIpc) is 2.42. The molecule has 0 radical (unpaired) electrons. The Morgan fingerprint density at radius 3 is 2.84 bits per heavy atom. The Balaban J connectivity index is 2.47. The minimum atomic E-state index is -3.21. The van der Waals surface area contributed by atoms with Crippen LogP contribution >= 0.6 is 0 Å². The van der Waals surface area contributed by atoms with Gasteiger partial charge in [-0.2, -0.15) is 4.31 Å². The summed E-state index contributed by atoms with van der Waals surface area (Å²) in [7, 11) is -1.64. The molecule has 0 amide bonds. The van der Waals surface area contributed by atoms with Crippen LogP contribution in [0.15, 0.2) is 12.7 Å². The summed E-state index contributed by atoms with van der Waals surface area (Å²) in [6.45, 7) is 5.77. The Hall–Kier alpha value is -0.430. The van der Waals surface area contributed by atoms with Gasteiger partial charge in [0.05, 0.1) is 12.4 Å². The van der Waals surface area contributed by atoms with Gasteiger partial charge in [0.15, 0.2) is 0 Å². The molecule has 0 spiro atoms. The second kappa shape index (κ2) is 8.68. The van der Waals surface area contributed by atoms with Crippen LogP contribution in [0.4, 0.5) is 0 Å². The number of hydrogen-bond acceptors (Lipinski definition) is 4. The van der Waals surface area contributed by atoms with Crippen LogP contribution in [0, 0.1) is 0 Å². The molecule has 19 heavy (non-hydrogen) atoms. The minimum Gasteiger partial charge on any atom is -0.383 e. The van der Waals surface area contributed by atoms with Gasteiger partial charge in [0, 0.05) is 26.2 Å². The molecule has 1 unspecified atom stereocenters. The molecule has 5 nitrogen and oxygen atoms in total. The van der Waals surface area contributed by atoms with Crippen molar-refractivity contribution in [1.82, 2.24) is 9.62 Å². The van der Waals surface area contributed by atoms with Crippen LogP contribution in [-0.2, 0) is 14.8 Å². The van der Waals surface area contributed by atoms with E-state index >= 15 is 0 Å². The first kappa shape index (κ1) is 16.6. The maximum absolute atomic E-state index is 12.3. The molecule has 0 saturated carbocycles. The second-order valence-corrected chi connectivity index (χ2v) is 6.98. The molecular formula is C13H26N2O3S. The monoisotopic (exact) mass is 290 g/mol. The summed E-state index contributed by atoms with van der Waals surface area (Å²) < 4.78 is 30.9. The zero-order valence-electron chi connectivity index (χ0n) is 11.8. The highest BCUT2D eigenvalue weighted by molar-refractivity contribution is 7.89.